The summed E-state index contributed by atoms with van der Waals surface area (Å²) in [5.41, 5.74) is 2.54. The summed E-state index contributed by atoms with van der Waals surface area (Å²) in [6.07, 6.45) is 2.12. The van der Waals surface area contributed by atoms with Crippen LogP contribution < -0.4 is 5.56 Å². The molecule has 152 valence electrons. The van der Waals surface area contributed by atoms with Gasteiger partial charge in [-0.15, -0.1) is 22.7 Å². The SMILES string of the molecule is CC1c2cc(F)ccc2CCN1C(=O)Cn1cnc2scc(-c3cccs3)c2c1=O. The Hall–Kier alpha value is -2.84. The molecular formula is C22H18FN3O2S2. The summed E-state index contributed by atoms with van der Waals surface area (Å²) in [6, 6.07) is 8.41. The van der Waals surface area contributed by atoms with Crippen LogP contribution in [0, 0.1) is 5.82 Å². The van der Waals surface area contributed by atoms with Crippen molar-refractivity contribution in [2.75, 3.05) is 6.54 Å². The first-order chi connectivity index (χ1) is 14.5. The van der Waals surface area contributed by atoms with Crippen LogP contribution in [-0.4, -0.2) is 26.9 Å². The minimum atomic E-state index is -0.306. The Bertz CT molecular complexity index is 1310. The number of carbonyl (C=O) groups is 1. The summed E-state index contributed by atoms with van der Waals surface area (Å²) < 4.78 is 15.1. The van der Waals surface area contributed by atoms with E-state index in [1.54, 1.807) is 22.3 Å². The molecule has 1 unspecified atom stereocenters. The van der Waals surface area contributed by atoms with Crippen LogP contribution in [0.15, 0.2) is 52.2 Å². The Morgan fingerprint density at radius 3 is 2.97 bits per heavy atom. The third-order valence-corrected chi connectivity index (χ3v) is 7.41. The normalized spacial score (nSPS) is 16.1. The summed E-state index contributed by atoms with van der Waals surface area (Å²) in [7, 11) is 0. The van der Waals surface area contributed by atoms with Gasteiger partial charge in [0.25, 0.3) is 5.56 Å². The molecule has 0 spiro atoms. The Morgan fingerprint density at radius 1 is 1.30 bits per heavy atom. The highest BCUT2D eigenvalue weighted by atomic mass is 32.1. The zero-order valence-corrected chi connectivity index (χ0v) is 17.8. The molecule has 4 aromatic rings. The van der Waals surface area contributed by atoms with E-state index in [2.05, 4.69) is 4.98 Å². The molecule has 0 N–H and O–H groups in total. The molecule has 1 aliphatic rings. The number of nitrogens with zero attached hydrogens (tertiary/aromatic N) is 3. The molecule has 5 rings (SSSR count). The number of thiophene rings is 2. The maximum atomic E-state index is 13.7. The van der Waals surface area contributed by atoms with Crippen molar-refractivity contribution in [3.63, 3.8) is 0 Å². The number of benzene rings is 1. The van der Waals surface area contributed by atoms with Gasteiger partial charge in [0.05, 0.1) is 17.8 Å². The lowest BCUT2D eigenvalue weighted by Crippen LogP contribution is -2.42. The molecule has 3 aromatic heterocycles. The lowest BCUT2D eigenvalue weighted by Gasteiger charge is -2.35. The van der Waals surface area contributed by atoms with Crippen molar-refractivity contribution >= 4 is 38.8 Å². The molecule has 4 heterocycles. The first-order valence-corrected chi connectivity index (χ1v) is 11.4. The van der Waals surface area contributed by atoms with Crippen molar-refractivity contribution in [1.29, 1.82) is 0 Å². The van der Waals surface area contributed by atoms with Gasteiger partial charge in [-0.1, -0.05) is 12.1 Å². The smallest absolute Gasteiger partial charge is 0.263 e. The fourth-order valence-corrected chi connectivity index (χ4v) is 5.78. The standard InChI is InChI=1S/C22H18FN3O2S2/c1-13-16-9-15(23)5-4-14(16)6-7-26(13)19(27)10-25-12-24-21-20(22(25)28)17(11-30-21)18-3-2-8-29-18/h2-5,8-9,11-13H,6-7,10H2,1H3. The number of aromatic nitrogens is 2. The lowest BCUT2D eigenvalue weighted by molar-refractivity contribution is -0.134. The van der Waals surface area contributed by atoms with E-state index in [0.29, 0.717) is 23.2 Å². The van der Waals surface area contributed by atoms with Gasteiger partial charge in [-0.25, -0.2) is 9.37 Å². The van der Waals surface area contributed by atoms with Gasteiger partial charge in [-0.3, -0.25) is 14.2 Å². The van der Waals surface area contributed by atoms with Crippen molar-refractivity contribution in [2.24, 2.45) is 0 Å². The van der Waals surface area contributed by atoms with Gasteiger partial charge >= 0.3 is 0 Å². The Kier molecular flexibility index (Phi) is 4.75. The highest BCUT2D eigenvalue weighted by Crippen LogP contribution is 2.33. The van der Waals surface area contributed by atoms with Gasteiger partial charge in [-0.05, 0) is 48.1 Å². The van der Waals surface area contributed by atoms with E-state index >= 15 is 0 Å². The van der Waals surface area contributed by atoms with Gasteiger partial charge in [0.1, 0.15) is 17.2 Å². The van der Waals surface area contributed by atoms with Crippen LogP contribution in [0.2, 0.25) is 0 Å². The average Bonchev–Trinajstić information content (AvgIpc) is 3.40. The van der Waals surface area contributed by atoms with Crippen LogP contribution in [0.3, 0.4) is 0 Å². The molecular weight excluding hydrogens is 421 g/mol. The minimum absolute atomic E-state index is 0.0868. The topological polar surface area (TPSA) is 55.2 Å². The van der Waals surface area contributed by atoms with Gasteiger partial charge in [0, 0.05) is 22.4 Å². The van der Waals surface area contributed by atoms with Crippen LogP contribution >= 0.6 is 22.7 Å². The molecule has 1 amide bonds. The van der Waals surface area contributed by atoms with Crippen LogP contribution in [-0.2, 0) is 17.8 Å². The molecule has 0 bridgehead atoms. The molecule has 1 aliphatic heterocycles. The maximum absolute atomic E-state index is 13.7. The number of hydrogen-bond donors (Lipinski definition) is 0. The summed E-state index contributed by atoms with van der Waals surface area (Å²) in [6.45, 7) is 2.35. The second kappa shape index (κ2) is 7.45. The summed E-state index contributed by atoms with van der Waals surface area (Å²) >= 11 is 2.99. The van der Waals surface area contributed by atoms with Crippen molar-refractivity contribution in [2.45, 2.75) is 25.9 Å². The average molecular weight is 440 g/mol. The molecule has 1 atom stereocenters. The maximum Gasteiger partial charge on any atom is 0.263 e. The van der Waals surface area contributed by atoms with E-state index in [9.17, 15) is 14.0 Å². The summed E-state index contributed by atoms with van der Waals surface area (Å²) in [4.78, 5) is 34.0. The number of hydrogen-bond acceptors (Lipinski definition) is 5. The summed E-state index contributed by atoms with van der Waals surface area (Å²) in [5, 5.41) is 4.46. The lowest BCUT2D eigenvalue weighted by atomic mass is 9.93. The van der Waals surface area contributed by atoms with E-state index in [1.807, 2.05) is 29.8 Å². The van der Waals surface area contributed by atoms with Gasteiger partial charge in [-0.2, -0.15) is 0 Å². The molecule has 5 nitrogen and oxygen atoms in total. The Morgan fingerprint density at radius 2 is 2.17 bits per heavy atom. The number of carbonyl (C=O) groups excluding carboxylic acids is 1. The van der Waals surface area contributed by atoms with E-state index in [0.717, 1.165) is 21.6 Å². The van der Waals surface area contributed by atoms with Crippen LogP contribution in [0.1, 0.15) is 24.1 Å². The zero-order chi connectivity index (χ0) is 20.8. The van der Waals surface area contributed by atoms with Gasteiger partial charge < -0.3 is 4.90 Å². The Balaban J connectivity index is 1.46. The van der Waals surface area contributed by atoms with Crippen LogP contribution in [0.4, 0.5) is 4.39 Å². The number of fused-ring (bicyclic) bond motifs is 2. The molecule has 0 aliphatic carbocycles. The van der Waals surface area contributed by atoms with E-state index in [4.69, 9.17) is 0 Å². The van der Waals surface area contributed by atoms with Crippen molar-refractivity contribution < 1.29 is 9.18 Å². The number of amides is 1. The Labute approximate surface area is 180 Å². The fourth-order valence-electron chi connectivity index (χ4n) is 4.06. The zero-order valence-electron chi connectivity index (χ0n) is 16.2. The van der Waals surface area contributed by atoms with E-state index in [1.165, 1.54) is 34.4 Å². The molecule has 1 aromatic carbocycles. The predicted molar refractivity (Wildman–Crippen MR) is 117 cm³/mol. The van der Waals surface area contributed by atoms with Crippen LogP contribution in [0.5, 0.6) is 0 Å². The largest absolute Gasteiger partial charge is 0.334 e. The fraction of sp³-hybridized carbons (Fsp3) is 0.227. The molecule has 0 fully saturated rings. The molecule has 8 heteroatoms. The summed E-state index contributed by atoms with van der Waals surface area (Å²) in [5.74, 6) is -0.479. The van der Waals surface area contributed by atoms with E-state index in [-0.39, 0.29) is 29.9 Å². The first kappa shape index (κ1) is 19.1. The quantitative estimate of drug-likeness (QED) is 0.473. The molecule has 0 saturated heterocycles. The van der Waals surface area contributed by atoms with Gasteiger partial charge in [0.2, 0.25) is 5.91 Å². The predicted octanol–water partition coefficient (Wildman–Crippen LogP) is 4.47. The second-order valence-corrected chi connectivity index (χ2v) is 9.15. The highest BCUT2D eigenvalue weighted by Gasteiger charge is 2.28. The van der Waals surface area contributed by atoms with Gasteiger partial charge in [0.15, 0.2) is 0 Å². The minimum Gasteiger partial charge on any atom is -0.334 e. The highest BCUT2D eigenvalue weighted by molar-refractivity contribution is 7.18. The van der Waals surface area contributed by atoms with Crippen molar-refractivity contribution in [3.05, 3.63) is 74.7 Å². The number of rotatable bonds is 3. The number of halogens is 1. The third-order valence-electron chi connectivity index (χ3n) is 5.62. The monoisotopic (exact) mass is 439 g/mol. The first-order valence-electron chi connectivity index (χ1n) is 9.61. The van der Waals surface area contributed by atoms with E-state index < -0.39 is 0 Å². The van der Waals surface area contributed by atoms with Crippen LogP contribution in [0.25, 0.3) is 20.7 Å². The van der Waals surface area contributed by atoms with Crippen molar-refractivity contribution in [3.8, 4) is 10.4 Å². The molecule has 0 saturated carbocycles. The molecule has 0 radical (unpaired) electrons. The van der Waals surface area contributed by atoms with Crippen molar-refractivity contribution in [1.82, 2.24) is 14.5 Å². The second-order valence-electron chi connectivity index (χ2n) is 7.34. The third kappa shape index (κ3) is 3.16. The molecule has 30 heavy (non-hydrogen) atoms.